The first kappa shape index (κ1) is 16.8. The lowest BCUT2D eigenvalue weighted by molar-refractivity contribution is -0.0454. The maximum Gasteiger partial charge on any atom is 0.0952 e. The maximum absolute atomic E-state index is 5.73. The predicted molar refractivity (Wildman–Crippen MR) is 99.7 cm³/mol. The molecule has 1 aromatic carbocycles. The van der Waals surface area contributed by atoms with E-state index < -0.39 is 0 Å². The van der Waals surface area contributed by atoms with E-state index in [2.05, 4.69) is 48.4 Å². The summed E-state index contributed by atoms with van der Waals surface area (Å²) in [6.07, 6.45) is 5.23. The van der Waals surface area contributed by atoms with Gasteiger partial charge in [0.05, 0.1) is 17.6 Å². The minimum Gasteiger partial charge on any atom is -0.381 e. The number of aromatic nitrogens is 2. The Hall–Kier alpha value is -1.65. The van der Waals surface area contributed by atoms with E-state index in [1.807, 2.05) is 6.33 Å². The van der Waals surface area contributed by atoms with Crippen molar-refractivity contribution < 1.29 is 4.74 Å². The Morgan fingerprint density at radius 3 is 2.76 bits per heavy atom. The zero-order valence-corrected chi connectivity index (χ0v) is 15.7. The number of ether oxygens (including phenoxy) is 1. The molecule has 0 amide bonds. The molecule has 25 heavy (non-hydrogen) atoms. The first-order chi connectivity index (χ1) is 12.1. The smallest absolute Gasteiger partial charge is 0.0952 e. The Kier molecular flexibility index (Phi) is 4.42. The fourth-order valence-corrected chi connectivity index (χ4v) is 4.60. The molecule has 2 aliphatic rings. The largest absolute Gasteiger partial charge is 0.381 e. The summed E-state index contributed by atoms with van der Waals surface area (Å²) in [7, 11) is 0. The van der Waals surface area contributed by atoms with Crippen LogP contribution in [0.25, 0.3) is 0 Å². The van der Waals surface area contributed by atoms with Gasteiger partial charge in [-0.1, -0.05) is 23.8 Å². The number of fused-ring (bicyclic) bond motifs is 2. The van der Waals surface area contributed by atoms with E-state index in [4.69, 9.17) is 9.72 Å². The summed E-state index contributed by atoms with van der Waals surface area (Å²) >= 11 is 0. The molecule has 4 rings (SSSR count). The lowest BCUT2D eigenvalue weighted by Gasteiger charge is -2.48. The average molecular weight is 339 g/mol. The van der Waals surface area contributed by atoms with Crippen molar-refractivity contribution in [2.24, 2.45) is 0 Å². The molecule has 0 unspecified atom stereocenters. The van der Waals surface area contributed by atoms with Gasteiger partial charge in [-0.15, -0.1) is 0 Å². The Bertz CT molecular complexity index is 758. The van der Waals surface area contributed by atoms with Crippen LogP contribution in [0.4, 0.5) is 0 Å². The van der Waals surface area contributed by atoms with E-state index in [9.17, 15) is 0 Å². The minimum absolute atomic E-state index is 0.0441. The molecule has 1 saturated heterocycles. The van der Waals surface area contributed by atoms with E-state index >= 15 is 0 Å². The number of hydrogen-bond acceptors (Lipinski definition) is 3. The zero-order chi connectivity index (χ0) is 17.4. The number of hydrogen-bond donors (Lipinski definition) is 0. The van der Waals surface area contributed by atoms with Crippen molar-refractivity contribution in [1.29, 1.82) is 0 Å². The highest BCUT2D eigenvalue weighted by molar-refractivity contribution is 5.33. The third kappa shape index (κ3) is 2.81. The topological polar surface area (TPSA) is 30.3 Å². The molecule has 3 heterocycles. The van der Waals surface area contributed by atoms with Gasteiger partial charge in [0.1, 0.15) is 0 Å². The van der Waals surface area contributed by atoms with Crippen molar-refractivity contribution in [3.8, 4) is 0 Å². The van der Waals surface area contributed by atoms with Crippen molar-refractivity contribution >= 4 is 0 Å². The van der Waals surface area contributed by atoms with Crippen LogP contribution in [-0.2, 0) is 29.8 Å². The Balaban J connectivity index is 1.73. The van der Waals surface area contributed by atoms with Gasteiger partial charge in [-0.3, -0.25) is 4.90 Å². The summed E-state index contributed by atoms with van der Waals surface area (Å²) in [5.41, 5.74) is 6.98. The molecule has 1 aromatic heterocycles. The van der Waals surface area contributed by atoms with Gasteiger partial charge >= 0.3 is 0 Å². The van der Waals surface area contributed by atoms with E-state index in [-0.39, 0.29) is 5.54 Å². The fourth-order valence-electron chi connectivity index (χ4n) is 4.60. The molecule has 0 aliphatic carbocycles. The summed E-state index contributed by atoms with van der Waals surface area (Å²) in [5.74, 6) is 0. The molecule has 134 valence electrons. The number of aryl methyl sites for hydroxylation is 3. The van der Waals surface area contributed by atoms with Gasteiger partial charge in [0.25, 0.3) is 0 Å². The second-order valence-corrected chi connectivity index (χ2v) is 7.57. The fraction of sp³-hybridized carbons (Fsp3) is 0.571. The summed E-state index contributed by atoms with van der Waals surface area (Å²) in [6, 6.07) is 6.81. The second kappa shape index (κ2) is 6.58. The van der Waals surface area contributed by atoms with Crippen LogP contribution in [0.15, 0.2) is 24.5 Å². The Labute approximate surface area is 150 Å². The van der Waals surface area contributed by atoms with Crippen molar-refractivity contribution in [2.75, 3.05) is 19.8 Å². The van der Waals surface area contributed by atoms with Gasteiger partial charge in [0.2, 0.25) is 0 Å². The normalized spacial score (nSPS) is 20.0. The van der Waals surface area contributed by atoms with Crippen LogP contribution in [0.5, 0.6) is 0 Å². The van der Waals surface area contributed by atoms with Crippen molar-refractivity contribution in [1.82, 2.24) is 14.5 Å². The number of nitrogens with zero attached hydrogens (tertiary/aromatic N) is 3. The summed E-state index contributed by atoms with van der Waals surface area (Å²) in [6.45, 7) is 11.4. The summed E-state index contributed by atoms with van der Waals surface area (Å²) in [4.78, 5) is 7.59. The highest BCUT2D eigenvalue weighted by Crippen LogP contribution is 2.43. The first-order valence-electron chi connectivity index (χ1n) is 9.57. The van der Waals surface area contributed by atoms with Gasteiger partial charge in [-0.2, -0.15) is 0 Å². The van der Waals surface area contributed by atoms with Gasteiger partial charge < -0.3 is 9.30 Å². The van der Waals surface area contributed by atoms with Crippen molar-refractivity contribution in [2.45, 2.75) is 58.7 Å². The van der Waals surface area contributed by atoms with E-state index in [0.29, 0.717) is 0 Å². The van der Waals surface area contributed by atoms with Crippen LogP contribution in [-0.4, -0.2) is 34.2 Å². The number of benzene rings is 1. The lowest BCUT2D eigenvalue weighted by Crippen LogP contribution is -2.53. The van der Waals surface area contributed by atoms with Crippen LogP contribution >= 0.6 is 0 Å². The number of rotatable bonds is 3. The molecular weight excluding hydrogens is 310 g/mol. The third-order valence-electron chi connectivity index (χ3n) is 6.14. The molecule has 0 radical (unpaired) electrons. The molecule has 0 N–H and O–H groups in total. The monoisotopic (exact) mass is 339 g/mol. The molecule has 4 nitrogen and oxygen atoms in total. The van der Waals surface area contributed by atoms with Gasteiger partial charge in [0.15, 0.2) is 0 Å². The molecule has 4 heteroatoms. The van der Waals surface area contributed by atoms with Gasteiger partial charge in [-0.05, 0) is 44.7 Å². The molecule has 2 aromatic rings. The van der Waals surface area contributed by atoms with Gasteiger partial charge in [0, 0.05) is 45.0 Å². The van der Waals surface area contributed by atoms with Gasteiger partial charge in [-0.25, -0.2) is 4.98 Å². The van der Waals surface area contributed by atoms with E-state index in [1.54, 1.807) is 0 Å². The van der Waals surface area contributed by atoms with Crippen molar-refractivity contribution in [3.05, 3.63) is 52.6 Å². The Morgan fingerprint density at radius 2 is 2.00 bits per heavy atom. The summed E-state index contributed by atoms with van der Waals surface area (Å²) in [5, 5.41) is 0. The first-order valence-corrected chi connectivity index (χ1v) is 9.57. The summed E-state index contributed by atoms with van der Waals surface area (Å²) < 4.78 is 8.06. The quantitative estimate of drug-likeness (QED) is 0.856. The van der Waals surface area contributed by atoms with E-state index in [1.165, 1.54) is 28.1 Å². The maximum atomic E-state index is 5.73. The van der Waals surface area contributed by atoms with Crippen LogP contribution in [0.2, 0.25) is 0 Å². The molecule has 0 atom stereocenters. The van der Waals surface area contributed by atoms with Crippen LogP contribution in [0.1, 0.15) is 47.8 Å². The SMILES string of the molecule is CCn1cnc2c1CCN(Cc1cc(C)ccc1C)C21CCOCC1. The molecule has 2 aliphatic heterocycles. The van der Waals surface area contributed by atoms with Crippen LogP contribution < -0.4 is 0 Å². The second-order valence-electron chi connectivity index (χ2n) is 7.57. The van der Waals surface area contributed by atoms with Crippen molar-refractivity contribution in [3.63, 3.8) is 0 Å². The molecule has 0 bridgehead atoms. The molecule has 1 fully saturated rings. The standard InChI is InChI=1S/C21H29N3O/c1-4-23-15-22-20-19(23)7-10-24(21(20)8-11-25-12-9-21)14-18-13-16(2)5-6-17(18)3/h5-6,13,15H,4,7-12,14H2,1-3H3. The van der Waals surface area contributed by atoms with Crippen LogP contribution in [0.3, 0.4) is 0 Å². The minimum atomic E-state index is 0.0441. The lowest BCUT2D eigenvalue weighted by atomic mass is 9.80. The molecule has 1 spiro atoms. The molecule has 0 saturated carbocycles. The highest BCUT2D eigenvalue weighted by atomic mass is 16.5. The Morgan fingerprint density at radius 1 is 1.20 bits per heavy atom. The number of imidazole rings is 1. The average Bonchev–Trinajstić information content (AvgIpc) is 3.06. The van der Waals surface area contributed by atoms with E-state index in [0.717, 1.165) is 52.1 Å². The third-order valence-corrected chi connectivity index (χ3v) is 6.14. The zero-order valence-electron chi connectivity index (χ0n) is 15.7. The highest BCUT2D eigenvalue weighted by Gasteiger charge is 2.46. The predicted octanol–water partition coefficient (Wildman–Crippen LogP) is 3.58. The van der Waals surface area contributed by atoms with Crippen LogP contribution in [0, 0.1) is 13.8 Å². The molecular formula is C21H29N3O.